The summed E-state index contributed by atoms with van der Waals surface area (Å²) in [6.07, 6.45) is 5.10. The Morgan fingerprint density at radius 2 is 2.00 bits per heavy atom. The Kier molecular flexibility index (Phi) is 5.34. The van der Waals surface area contributed by atoms with Crippen LogP contribution in [0.4, 0.5) is 5.82 Å². The van der Waals surface area contributed by atoms with Gasteiger partial charge < -0.3 is 5.32 Å². The minimum Gasteiger partial charge on any atom is -0.370 e. The molecule has 116 valence electrons. The predicted molar refractivity (Wildman–Crippen MR) is 89.6 cm³/mol. The molecule has 4 heteroatoms. The van der Waals surface area contributed by atoms with Gasteiger partial charge in [0.2, 0.25) is 0 Å². The van der Waals surface area contributed by atoms with E-state index in [1.165, 1.54) is 11.1 Å². The van der Waals surface area contributed by atoms with Crippen molar-refractivity contribution in [2.45, 2.75) is 53.0 Å². The lowest BCUT2D eigenvalue weighted by Gasteiger charge is -2.30. The average molecular weight is 288 g/mol. The third-order valence-electron chi connectivity index (χ3n) is 4.08. The van der Waals surface area contributed by atoms with Crippen molar-refractivity contribution >= 4 is 11.4 Å². The Balaban J connectivity index is 2.34. The highest BCUT2D eigenvalue weighted by molar-refractivity contribution is 5.70. The first-order chi connectivity index (χ1) is 10.0. The lowest BCUT2D eigenvalue weighted by Crippen LogP contribution is -2.34. The molecule has 1 aromatic heterocycles. The largest absolute Gasteiger partial charge is 0.370 e. The zero-order valence-electron chi connectivity index (χ0n) is 14.0. The van der Waals surface area contributed by atoms with Gasteiger partial charge in [-0.05, 0) is 38.7 Å². The first kappa shape index (κ1) is 16.0. The van der Waals surface area contributed by atoms with Crippen LogP contribution in [-0.4, -0.2) is 40.5 Å². The monoisotopic (exact) mass is 288 g/mol. The summed E-state index contributed by atoms with van der Waals surface area (Å²) in [6, 6.07) is 0.607. The Hall–Kier alpha value is -1.42. The van der Waals surface area contributed by atoms with E-state index >= 15 is 0 Å². The van der Waals surface area contributed by atoms with Crippen LogP contribution in [0, 0.1) is 0 Å². The standard InChI is InChI=1S/C17H28N4/c1-6-18-17-15(12(2)3)16(19-11-20-17)14-7-9-21(10-8-14)13(4)5/h7,11-13H,6,8-10H2,1-5H3,(H,18,19,20). The topological polar surface area (TPSA) is 41.1 Å². The van der Waals surface area contributed by atoms with Gasteiger partial charge in [0.15, 0.2) is 0 Å². The number of hydrogen-bond acceptors (Lipinski definition) is 4. The van der Waals surface area contributed by atoms with Crippen molar-refractivity contribution in [1.82, 2.24) is 14.9 Å². The first-order valence-electron chi connectivity index (χ1n) is 8.06. The molecule has 1 aliphatic rings. The summed E-state index contributed by atoms with van der Waals surface area (Å²) in [4.78, 5) is 11.5. The van der Waals surface area contributed by atoms with Gasteiger partial charge in [-0.3, -0.25) is 4.90 Å². The van der Waals surface area contributed by atoms with Crippen molar-refractivity contribution in [2.24, 2.45) is 0 Å². The van der Waals surface area contributed by atoms with Crippen LogP contribution in [0.2, 0.25) is 0 Å². The van der Waals surface area contributed by atoms with Crippen LogP contribution in [0.25, 0.3) is 5.57 Å². The third-order valence-corrected chi connectivity index (χ3v) is 4.08. The summed E-state index contributed by atoms with van der Waals surface area (Å²) in [5.74, 6) is 1.41. The zero-order chi connectivity index (χ0) is 15.4. The van der Waals surface area contributed by atoms with E-state index in [9.17, 15) is 0 Å². The highest BCUT2D eigenvalue weighted by Gasteiger charge is 2.21. The summed E-state index contributed by atoms with van der Waals surface area (Å²) in [6.45, 7) is 14.1. The molecule has 0 radical (unpaired) electrons. The predicted octanol–water partition coefficient (Wildman–Crippen LogP) is 3.53. The molecule has 2 rings (SSSR count). The second kappa shape index (κ2) is 7.03. The van der Waals surface area contributed by atoms with E-state index in [0.29, 0.717) is 12.0 Å². The van der Waals surface area contributed by atoms with Crippen LogP contribution >= 0.6 is 0 Å². The smallest absolute Gasteiger partial charge is 0.133 e. The molecule has 0 unspecified atom stereocenters. The minimum absolute atomic E-state index is 0.416. The Morgan fingerprint density at radius 1 is 1.24 bits per heavy atom. The van der Waals surface area contributed by atoms with Crippen LogP contribution < -0.4 is 5.32 Å². The summed E-state index contributed by atoms with van der Waals surface area (Å²) >= 11 is 0. The summed E-state index contributed by atoms with van der Waals surface area (Å²) < 4.78 is 0. The lowest BCUT2D eigenvalue weighted by atomic mass is 9.94. The van der Waals surface area contributed by atoms with Gasteiger partial charge in [0.1, 0.15) is 12.1 Å². The maximum atomic E-state index is 4.60. The molecule has 0 atom stereocenters. The molecule has 1 aromatic rings. The molecular formula is C17H28N4. The molecule has 1 aliphatic heterocycles. The molecule has 2 heterocycles. The van der Waals surface area contributed by atoms with Gasteiger partial charge >= 0.3 is 0 Å². The fourth-order valence-electron chi connectivity index (χ4n) is 2.88. The number of nitrogens with one attached hydrogen (secondary N) is 1. The van der Waals surface area contributed by atoms with Crippen LogP contribution in [-0.2, 0) is 0 Å². The highest BCUT2D eigenvalue weighted by Crippen LogP contribution is 2.32. The van der Waals surface area contributed by atoms with E-state index in [4.69, 9.17) is 0 Å². The van der Waals surface area contributed by atoms with Crippen LogP contribution in [0.1, 0.15) is 58.2 Å². The van der Waals surface area contributed by atoms with Gasteiger partial charge in [0.25, 0.3) is 0 Å². The minimum atomic E-state index is 0.416. The van der Waals surface area contributed by atoms with Gasteiger partial charge in [-0.1, -0.05) is 19.9 Å². The van der Waals surface area contributed by atoms with Crippen LogP contribution in [0.3, 0.4) is 0 Å². The number of aromatic nitrogens is 2. The highest BCUT2D eigenvalue weighted by atomic mass is 15.1. The van der Waals surface area contributed by atoms with Crippen molar-refractivity contribution in [2.75, 3.05) is 25.0 Å². The van der Waals surface area contributed by atoms with E-state index in [2.05, 4.69) is 60.9 Å². The second-order valence-corrected chi connectivity index (χ2v) is 6.24. The Bertz CT molecular complexity index is 506. The van der Waals surface area contributed by atoms with Gasteiger partial charge in [-0.15, -0.1) is 0 Å². The van der Waals surface area contributed by atoms with E-state index < -0.39 is 0 Å². The van der Waals surface area contributed by atoms with Crippen LogP contribution in [0.5, 0.6) is 0 Å². The van der Waals surface area contributed by atoms with Crippen molar-refractivity contribution in [3.63, 3.8) is 0 Å². The summed E-state index contributed by atoms with van der Waals surface area (Å²) in [5, 5.41) is 3.38. The molecule has 4 nitrogen and oxygen atoms in total. The summed E-state index contributed by atoms with van der Waals surface area (Å²) in [7, 11) is 0. The van der Waals surface area contributed by atoms with Crippen molar-refractivity contribution in [3.05, 3.63) is 23.7 Å². The Labute approximate surface area is 128 Å². The average Bonchev–Trinajstić information content (AvgIpc) is 2.47. The molecule has 0 aromatic carbocycles. The fraction of sp³-hybridized carbons (Fsp3) is 0.647. The number of nitrogens with zero attached hydrogens (tertiary/aromatic N) is 3. The zero-order valence-corrected chi connectivity index (χ0v) is 14.0. The first-order valence-corrected chi connectivity index (χ1v) is 8.06. The molecule has 0 saturated carbocycles. The number of anilines is 1. The normalized spacial score (nSPS) is 16.4. The van der Waals surface area contributed by atoms with Crippen molar-refractivity contribution in [1.29, 1.82) is 0 Å². The van der Waals surface area contributed by atoms with Crippen molar-refractivity contribution < 1.29 is 0 Å². The number of hydrogen-bond donors (Lipinski definition) is 1. The summed E-state index contributed by atoms with van der Waals surface area (Å²) in [5.41, 5.74) is 3.76. The molecule has 1 N–H and O–H groups in total. The molecule has 0 amide bonds. The maximum Gasteiger partial charge on any atom is 0.133 e. The quantitative estimate of drug-likeness (QED) is 0.900. The van der Waals surface area contributed by atoms with E-state index in [-0.39, 0.29) is 0 Å². The van der Waals surface area contributed by atoms with Gasteiger partial charge in [0, 0.05) is 31.2 Å². The molecule has 0 aliphatic carbocycles. The molecule has 21 heavy (non-hydrogen) atoms. The molecule has 0 fully saturated rings. The van der Waals surface area contributed by atoms with Gasteiger partial charge in [-0.2, -0.15) is 0 Å². The third kappa shape index (κ3) is 3.62. The van der Waals surface area contributed by atoms with E-state index in [0.717, 1.165) is 37.6 Å². The van der Waals surface area contributed by atoms with Gasteiger partial charge in [-0.25, -0.2) is 9.97 Å². The molecule has 0 bridgehead atoms. The van der Waals surface area contributed by atoms with Crippen molar-refractivity contribution in [3.8, 4) is 0 Å². The Morgan fingerprint density at radius 3 is 2.52 bits per heavy atom. The molecular weight excluding hydrogens is 260 g/mol. The van der Waals surface area contributed by atoms with Crippen LogP contribution in [0.15, 0.2) is 12.4 Å². The van der Waals surface area contributed by atoms with Gasteiger partial charge in [0.05, 0.1) is 5.69 Å². The van der Waals surface area contributed by atoms with E-state index in [1.807, 2.05) is 0 Å². The molecule has 0 spiro atoms. The van der Waals surface area contributed by atoms with E-state index in [1.54, 1.807) is 6.33 Å². The second-order valence-electron chi connectivity index (χ2n) is 6.24. The SMILES string of the molecule is CCNc1ncnc(C2=CCN(C(C)C)CC2)c1C(C)C. The molecule has 0 saturated heterocycles. The maximum absolute atomic E-state index is 4.60. The number of rotatable bonds is 5. The fourth-order valence-corrected chi connectivity index (χ4v) is 2.88. The lowest BCUT2D eigenvalue weighted by molar-refractivity contribution is 0.245.